The SMILES string of the molecule is COc1cc2cc(-c3cc(OC)c(OC)c(-c4cc(-c5ccccc5)cc(-c5ccccc5)c4)c3)c[n+](C)c2cc1OC. The number of rotatable bonds is 8. The van der Waals surface area contributed by atoms with Crippen LogP contribution in [0.15, 0.2) is 115 Å². The van der Waals surface area contributed by atoms with Crippen molar-refractivity contribution in [2.45, 2.75) is 0 Å². The lowest BCUT2D eigenvalue weighted by Gasteiger charge is -2.17. The number of benzene rings is 5. The molecule has 5 nitrogen and oxygen atoms in total. The Kier molecular flexibility index (Phi) is 7.71. The van der Waals surface area contributed by atoms with Crippen molar-refractivity contribution in [2.75, 3.05) is 28.4 Å². The molecule has 1 heterocycles. The average molecular weight is 569 g/mol. The molecule has 0 aliphatic carbocycles. The Hall–Kier alpha value is -5.29. The Morgan fingerprint density at radius 3 is 1.53 bits per heavy atom. The molecule has 0 aliphatic heterocycles. The summed E-state index contributed by atoms with van der Waals surface area (Å²) in [5, 5.41) is 1.03. The maximum atomic E-state index is 5.99. The van der Waals surface area contributed by atoms with Gasteiger partial charge in [-0.1, -0.05) is 60.7 Å². The van der Waals surface area contributed by atoms with Crippen molar-refractivity contribution in [3.05, 3.63) is 115 Å². The summed E-state index contributed by atoms with van der Waals surface area (Å²) in [4.78, 5) is 0. The van der Waals surface area contributed by atoms with Crippen molar-refractivity contribution in [2.24, 2.45) is 7.05 Å². The second-order valence-corrected chi connectivity index (χ2v) is 10.4. The van der Waals surface area contributed by atoms with Crippen molar-refractivity contribution < 1.29 is 23.5 Å². The largest absolute Gasteiger partial charge is 0.493 e. The van der Waals surface area contributed by atoms with E-state index in [1.165, 1.54) is 0 Å². The first-order chi connectivity index (χ1) is 21.0. The van der Waals surface area contributed by atoms with Crippen LogP contribution in [0.2, 0.25) is 0 Å². The van der Waals surface area contributed by atoms with Gasteiger partial charge in [0.1, 0.15) is 7.05 Å². The highest BCUT2D eigenvalue weighted by Gasteiger charge is 2.20. The number of hydrogen-bond donors (Lipinski definition) is 0. The van der Waals surface area contributed by atoms with Crippen LogP contribution >= 0.6 is 0 Å². The number of pyridine rings is 1. The van der Waals surface area contributed by atoms with Gasteiger partial charge in [0.2, 0.25) is 5.52 Å². The van der Waals surface area contributed by atoms with Gasteiger partial charge in [-0.3, -0.25) is 0 Å². The summed E-state index contributed by atoms with van der Waals surface area (Å²) in [6.07, 6.45) is 2.12. The number of methoxy groups -OCH3 is 4. The van der Waals surface area contributed by atoms with E-state index in [9.17, 15) is 0 Å². The summed E-state index contributed by atoms with van der Waals surface area (Å²) >= 11 is 0. The van der Waals surface area contributed by atoms with E-state index in [-0.39, 0.29) is 0 Å². The predicted octanol–water partition coefficient (Wildman–Crippen LogP) is 8.37. The van der Waals surface area contributed by atoms with Gasteiger partial charge in [0.05, 0.1) is 39.9 Å². The van der Waals surface area contributed by atoms with Gasteiger partial charge < -0.3 is 18.9 Å². The maximum Gasteiger partial charge on any atom is 0.216 e. The molecule has 6 aromatic rings. The number of aromatic nitrogens is 1. The van der Waals surface area contributed by atoms with Crippen LogP contribution in [0.25, 0.3) is 55.4 Å². The van der Waals surface area contributed by atoms with E-state index in [4.69, 9.17) is 18.9 Å². The molecule has 43 heavy (non-hydrogen) atoms. The van der Waals surface area contributed by atoms with E-state index in [1.54, 1.807) is 28.4 Å². The normalized spacial score (nSPS) is 10.9. The molecular weight excluding hydrogens is 534 g/mol. The molecular formula is C38H34NO4+. The van der Waals surface area contributed by atoms with Crippen molar-refractivity contribution in [3.8, 4) is 67.5 Å². The zero-order chi connectivity index (χ0) is 29.9. The third-order valence-electron chi connectivity index (χ3n) is 7.83. The lowest BCUT2D eigenvalue weighted by molar-refractivity contribution is -0.644. The third-order valence-corrected chi connectivity index (χ3v) is 7.83. The summed E-state index contributed by atoms with van der Waals surface area (Å²) in [6.45, 7) is 0. The lowest BCUT2D eigenvalue weighted by Crippen LogP contribution is -2.28. The number of nitrogens with zero attached hydrogens (tertiary/aromatic N) is 1. The topological polar surface area (TPSA) is 40.8 Å². The van der Waals surface area contributed by atoms with Crippen LogP contribution in [0, 0.1) is 0 Å². The van der Waals surface area contributed by atoms with Gasteiger partial charge in [-0.05, 0) is 75.8 Å². The molecule has 0 amide bonds. The molecule has 0 saturated heterocycles. The molecule has 0 aliphatic rings. The molecule has 5 heteroatoms. The highest BCUT2D eigenvalue weighted by atomic mass is 16.5. The van der Waals surface area contributed by atoms with Crippen LogP contribution in [0.3, 0.4) is 0 Å². The predicted molar refractivity (Wildman–Crippen MR) is 173 cm³/mol. The molecule has 0 N–H and O–H groups in total. The van der Waals surface area contributed by atoms with Crippen LogP contribution in [-0.4, -0.2) is 28.4 Å². The maximum absolute atomic E-state index is 5.99. The Morgan fingerprint density at radius 2 is 0.977 bits per heavy atom. The molecule has 0 atom stereocenters. The fourth-order valence-corrected chi connectivity index (χ4v) is 5.67. The minimum Gasteiger partial charge on any atom is -0.493 e. The van der Waals surface area contributed by atoms with Crippen molar-refractivity contribution in [1.82, 2.24) is 0 Å². The smallest absolute Gasteiger partial charge is 0.216 e. The molecule has 1 aromatic heterocycles. The first-order valence-corrected chi connectivity index (χ1v) is 14.1. The van der Waals surface area contributed by atoms with E-state index < -0.39 is 0 Å². The third kappa shape index (κ3) is 5.38. The molecule has 214 valence electrons. The molecule has 0 saturated carbocycles. The van der Waals surface area contributed by atoms with Crippen LogP contribution in [0.1, 0.15) is 0 Å². The van der Waals surface area contributed by atoms with Gasteiger partial charge in [-0.25, -0.2) is 4.57 Å². The number of aryl methyl sites for hydroxylation is 1. The summed E-state index contributed by atoms with van der Waals surface area (Å²) < 4.78 is 25.2. The Morgan fingerprint density at radius 1 is 0.442 bits per heavy atom. The van der Waals surface area contributed by atoms with E-state index >= 15 is 0 Å². The summed E-state index contributed by atoms with van der Waals surface area (Å²) in [6, 6.07) is 38.0. The lowest BCUT2D eigenvalue weighted by atomic mass is 9.91. The minimum atomic E-state index is 0.663. The molecule has 0 fully saturated rings. The van der Waals surface area contributed by atoms with Crippen molar-refractivity contribution in [3.63, 3.8) is 0 Å². The van der Waals surface area contributed by atoms with Gasteiger partial charge >= 0.3 is 0 Å². The van der Waals surface area contributed by atoms with E-state index in [0.29, 0.717) is 23.0 Å². The second kappa shape index (κ2) is 11.9. The van der Waals surface area contributed by atoms with Gasteiger partial charge in [-0.2, -0.15) is 0 Å². The molecule has 0 unspecified atom stereocenters. The van der Waals surface area contributed by atoms with Crippen LogP contribution < -0.4 is 23.5 Å². The van der Waals surface area contributed by atoms with Crippen molar-refractivity contribution >= 4 is 10.9 Å². The molecule has 0 spiro atoms. The van der Waals surface area contributed by atoms with Crippen molar-refractivity contribution in [1.29, 1.82) is 0 Å². The van der Waals surface area contributed by atoms with Gasteiger partial charge in [0.25, 0.3) is 0 Å². The average Bonchev–Trinajstić information content (AvgIpc) is 3.07. The van der Waals surface area contributed by atoms with Crippen LogP contribution in [0.5, 0.6) is 23.0 Å². The summed E-state index contributed by atoms with van der Waals surface area (Å²) in [5.74, 6) is 2.73. The van der Waals surface area contributed by atoms with E-state index in [2.05, 4.69) is 89.6 Å². The monoisotopic (exact) mass is 568 g/mol. The van der Waals surface area contributed by atoms with Gasteiger partial charge in [0, 0.05) is 11.1 Å². The molecule has 5 aromatic carbocycles. The Balaban J connectivity index is 1.58. The number of fused-ring (bicyclic) bond motifs is 1. The van der Waals surface area contributed by atoms with Crippen LogP contribution in [0.4, 0.5) is 0 Å². The van der Waals surface area contributed by atoms with Crippen LogP contribution in [-0.2, 0) is 7.05 Å². The second-order valence-electron chi connectivity index (χ2n) is 10.4. The van der Waals surface area contributed by atoms with E-state index in [0.717, 1.165) is 55.4 Å². The number of hydrogen-bond acceptors (Lipinski definition) is 4. The summed E-state index contributed by atoms with van der Waals surface area (Å²) in [7, 11) is 8.71. The Bertz CT molecular complexity index is 1860. The van der Waals surface area contributed by atoms with E-state index in [1.807, 2.05) is 37.4 Å². The standard InChI is InChI=1S/C38H34NO4/c1-39-24-32(19-31-22-35(40-2)36(41-3)23-34(31)39)29-20-33(38(43-5)37(21-29)42-4)30-17-27(25-12-8-6-9-13-25)16-28(18-30)26-14-10-7-11-15-26/h6-24H,1-5H3/q+1. The quantitative estimate of drug-likeness (QED) is 0.173. The molecule has 6 rings (SSSR count). The molecule has 0 radical (unpaired) electrons. The molecule has 0 bridgehead atoms. The zero-order valence-electron chi connectivity index (χ0n) is 25.0. The van der Waals surface area contributed by atoms with Gasteiger partial charge in [0.15, 0.2) is 29.2 Å². The highest BCUT2D eigenvalue weighted by molar-refractivity contribution is 5.89. The fraction of sp³-hybridized carbons (Fsp3) is 0.132. The first kappa shape index (κ1) is 27.9. The fourth-order valence-electron chi connectivity index (χ4n) is 5.67. The highest BCUT2D eigenvalue weighted by Crippen LogP contribution is 2.44. The number of ether oxygens (including phenoxy) is 4. The Labute approximate surface area is 252 Å². The summed E-state index contributed by atoms with van der Waals surface area (Å²) in [5.41, 5.74) is 9.60. The first-order valence-electron chi connectivity index (χ1n) is 14.1. The minimum absolute atomic E-state index is 0.663. The van der Waals surface area contributed by atoms with Gasteiger partial charge in [-0.15, -0.1) is 0 Å². The zero-order valence-corrected chi connectivity index (χ0v) is 25.0.